The molecule has 0 spiro atoms. The molecule has 0 aliphatic rings. The van der Waals surface area contributed by atoms with E-state index in [-0.39, 0.29) is 24.5 Å². The van der Waals surface area contributed by atoms with Crippen molar-refractivity contribution in [3.05, 3.63) is 65.2 Å². The molecular weight excluding hydrogens is 322 g/mol. The van der Waals surface area contributed by atoms with Gasteiger partial charge in [0.25, 0.3) is 0 Å². The van der Waals surface area contributed by atoms with Crippen LogP contribution in [0.25, 0.3) is 0 Å². The Hall–Kier alpha value is -2.27. The van der Waals surface area contributed by atoms with E-state index in [1.807, 2.05) is 31.2 Å². The molecule has 1 unspecified atom stereocenters. The van der Waals surface area contributed by atoms with E-state index >= 15 is 0 Å². The molecule has 4 nitrogen and oxygen atoms in total. The summed E-state index contributed by atoms with van der Waals surface area (Å²) in [5.74, 6) is 0.209. The van der Waals surface area contributed by atoms with Crippen LogP contribution in [0.15, 0.2) is 48.5 Å². The Balaban J connectivity index is 1.88. The second-order valence-electron chi connectivity index (χ2n) is 5.76. The van der Waals surface area contributed by atoms with Crippen molar-refractivity contribution in [1.29, 1.82) is 0 Å². The van der Waals surface area contributed by atoms with Crippen LogP contribution in [0.1, 0.15) is 34.3 Å². The van der Waals surface area contributed by atoms with Gasteiger partial charge in [0, 0.05) is 46.9 Å². The minimum absolute atomic E-state index is 0.0414. The zero-order chi connectivity index (χ0) is 17.5. The van der Waals surface area contributed by atoms with Crippen molar-refractivity contribution >= 4 is 28.2 Å². The molecule has 0 aliphatic carbocycles. The lowest BCUT2D eigenvalue weighted by molar-refractivity contribution is -0.116. The summed E-state index contributed by atoms with van der Waals surface area (Å²) in [5.41, 5.74) is 3.29. The van der Waals surface area contributed by atoms with Crippen molar-refractivity contribution in [3.8, 4) is 0 Å². The van der Waals surface area contributed by atoms with Crippen LogP contribution in [0.5, 0.6) is 0 Å². The van der Waals surface area contributed by atoms with Gasteiger partial charge in [-0.2, -0.15) is 0 Å². The zero-order valence-electron chi connectivity index (χ0n) is 13.9. The fraction of sp³-hybridized carbons (Fsp3) is 0.263. The Bertz CT molecular complexity index is 753. The van der Waals surface area contributed by atoms with Crippen LogP contribution in [-0.2, 0) is 21.3 Å². The molecule has 5 heteroatoms. The number of ketones is 1. The Morgan fingerprint density at radius 1 is 1.04 bits per heavy atom. The number of Topliss-reactive ketones (excluding diaryl/α,β-unsaturated/α-hetero) is 1. The van der Waals surface area contributed by atoms with Gasteiger partial charge in [0.2, 0.25) is 5.91 Å². The molecule has 2 aromatic rings. The van der Waals surface area contributed by atoms with Crippen LogP contribution in [0.3, 0.4) is 0 Å². The van der Waals surface area contributed by atoms with Crippen molar-refractivity contribution in [2.24, 2.45) is 0 Å². The molecule has 126 valence electrons. The molecule has 0 bridgehead atoms. The molecule has 2 rings (SSSR count). The highest BCUT2D eigenvalue weighted by atomic mass is 32.2. The lowest BCUT2D eigenvalue weighted by Gasteiger charge is -2.07. The normalized spacial score (nSPS) is 11.8. The fourth-order valence-corrected chi connectivity index (χ4v) is 2.96. The minimum Gasteiger partial charge on any atom is -0.326 e. The number of anilines is 1. The molecule has 1 atom stereocenters. The molecule has 0 aromatic heterocycles. The van der Waals surface area contributed by atoms with Crippen LogP contribution in [-0.4, -0.2) is 22.2 Å². The van der Waals surface area contributed by atoms with E-state index in [1.165, 1.54) is 0 Å². The second kappa shape index (κ2) is 8.55. The quantitative estimate of drug-likeness (QED) is 0.783. The predicted molar refractivity (Wildman–Crippen MR) is 97.6 cm³/mol. The van der Waals surface area contributed by atoms with Crippen LogP contribution in [0.2, 0.25) is 0 Å². The first kappa shape index (κ1) is 18.1. The van der Waals surface area contributed by atoms with E-state index < -0.39 is 10.8 Å². The van der Waals surface area contributed by atoms with Crippen LogP contribution >= 0.6 is 0 Å². The number of amides is 1. The van der Waals surface area contributed by atoms with Crippen molar-refractivity contribution < 1.29 is 13.8 Å². The minimum atomic E-state index is -0.927. The summed E-state index contributed by atoms with van der Waals surface area (Å²) < 4.78 is 11.3. The number of carbonyl (C=O) groups is 2. The first-order valence-electron chi connectivity index (χ1n) is 7.73. The maximum absolute atomic E-state index is 12.1. The SMILES string of the molecule is Cc1ccc(C(=O)CCC(=O)Nc2cccc(CS(C)=O)c2)cc1. The van der Waals surface area contributed by atoms with Gasteiger partial charge in [-0.05, 0) is 24.6 Å². The summed E-state index contributed by atoms with van der Waals surface area (Å²) in [5, 5.41) is 2.78. The van der Waals surface area contributed by atoms with Crippen LogP contribution < -0.4 is 5.32 Å². The second-order valence-corrected chi connectivity index (χ2v) is 7.19. The van der Waals surface area contributed by atoms with Crippen molar-refractivity contribution in [3.63, 3.8) is 0 Å². The molecule has 1 amide bonds. The number of rotatable bonds is 7. The summed E-state index contributed by atoms with van der Waals surface area (Å²) in [6.07, 6.45) is 1.95. The number of benzene rings is 2. The highest BCUT2D eigenvalue weighted by molar-refractivity contribution is 7.83. The highest BCUT2D eigenvalue weighted by Crippen LogP contribution is 2.13. The van der Waals surface area contributed by atoms with Crippen molar-refractivity contribution in [2.45, 2.75) is 25.5 Å². The zero-order valence-corrected chi connectivity index (χ0v) is 14.7. The molecule has 0 saturated carbocycles. The first-order chi connectivity index (χ1) is 11.4. The van der Waals surface area contributed by atoms with E-state index in [1.54, 1.807) is 30.5 Å². The van der Waals surface area contributed by atoms with E-state index in [9.17, 15) is 13.8 Å². The van der Waals surface area contributed by atoms with Gasteiger partial charge >= 0.3 is 0 Å². The Morgan fingerprint density at radius 2 is 1.75 bits per heavy atom. The van der Waals surface area contributed by atoms with E-state index in [0.29, 0.717) is 17.0 Å². The third-order valence-corrected chi connectivity index (χ3v) is 4.27. The van der Waals surface area contributed by atoms with Gasteiger partial charge in [0.05, 0.1) is 0 Å². The molecule has 1 N–H and O–H groups in total. The number of aryl methyl sites for hydroxylation is 1. The molecule has 0 radical (unpaired) electrons. The monoisotopic (exact) mass is 343 g/mol. The number of carbonyl (C=O) groups excluding carboxylic acids is 2. The maximum atomic E-state index is 12.1. The Morgan fingerprint density at radius 3 is 2.42 bits per heavy atom. The lowest BCUT2D eigenvalue weighted by atomic mass is 10.0. The Kier molecular flexibility index (Phi) is 6.44. The number of hydrogen-bond donors (Lipinski definition) is 1. The van der Waals surface area contributed by atoms with E-state index in [0.717, 1.165) is 11.1 Å². The lowest BCUT2D eigenvalue weighted by Crippen LogP contribution is -2.13. The highest BCUT2D eigenvalue weighted by Gasteiger charge is 2.10. The largest absolute Gasteiger partial charge is 0.326 e. The average molecular weight is 343 g/mol. The van der Waals surface area contributed by atoms with Gasteiger partial charge in [-0.3, -0.25) is 13.8 Å². The molecular formula is C19H21NO3S. The summed E-state index contributed by atoms with van der Waals surface area (Å²) in [6, 6.07) is 14.6. The molecule has 0 aliphatic heterocycles. The molecule has 24 heavy (non-hydrogen) atoms. The van der Waals surface area contributed by atoms with Crippen LogP contribution in [0.4, 0.5) is 5.69 Å². The summed E-state index contributed by atoms with van der Waals surface area (Å²) in [6.45, 7) is 1.96. The molecule has 0 saturated heterocycles. The predicted octanol–water partition coefficient (Wildman–Crippen LogP) is 3.48. The molecule has 0 fully saturated rings. The smallest absolute Gasteiger partial charge is 0.224 e. The van der Waals surface area contributed by atoms with Crippen molar-refractivity contribution in [1.82, 2.24) is 0 Å². The van der Waals surface area contributed by atoms with Gasteiger partial charge in [-0.25, -0.2) is 0 Å². The first-order valence-corrected chi connectivity index (χ1v) is 9.45. The number of nitrogens with one attached hydrogen (secondary N) is 1. The topological polar surface area (TPSA) is 63.2 Å². The maximum Gasteiger partial charge on any atom is 0.224 e. The average Bonchev–Trinajstić information content (AvgIpc) is 2.53. The number of hydrogen-bond acceptors (Lipinski definition) is 3. The standard InChI is InChI=1S/C19H21NO3S/c1-14-6-8-16(9-7-14)18(21)10-11-19(22)20-17-5-3-4-15(12-17)13-24(2)23/h3-9,12H,10-11,13H2,1-2H3,(H,20,22). The molecule has 0 heterocycles. The van der Waals surface area contributed by atoms with E-state index in [2.05, 4.69) is 5.32 Å². The molecule has 2 aromatic carbocycles. The third kappa shape index (κ3) is 5.74. The van der Waals surface area contributed by atoms with Gasteiger partial charge in [0.1, 0.15) is 0 Å². The third-order valence-electron chi connectivity index (χ3n) is 3.53. The van der Waals surface area contributed by atoms with Gasteiger partial charge < -0.3 is 5.32 Å². The van der Waals surface area contributed by atoms with Crippen molar-refractivity contribution in [2.75, 3.05) is 11.6 Å². The summed E-state index contributed by atoms with van der Waals surface area (Å²) >= 11 is 0. The summed E-state index contributed by atoms with van der Waals surface area (Å²) in [7, 11) is -0.927. The van der Waals surface area contributed by atoms with Crippen LogP contribution in [0, 0.1) is 6.92 Å². The van der Waals surface area contributed by atoms with Gasteiger partial charge in [-0.1, -0.05) is 42.0 Å². The van der Waals surface area contributed by atoms with Gasteiger partial charge in [-0.15, -0.1) is 0 Å². The fourth-order valence-electron chi connectivity index (χ4n) is 2.31. The Labute approximate surface area is 144 Å². The van der Waals surface area contributed by atoms with E-state index in [4.69, 9.17) is 0 Å². The summed E-state index contributed by atoms with van der Waals surface area (Å²) in [4.78, 5) is 24.1. The van der Waals surface area contributed by atoms with Gasteiger partial charge in [0.15, 0.2) is 5.78 Å².